The zero-order valence-corrected chi connectivity index (χ0v) is 27.7. The van der Waals surface area contributed by atoms with Crippen molar-refractivity contribution in [3.05, 3.63) is 118 Å². The molecule has 0 radical (unpaired) electrons. The summed E-state index contributed by atoms with van der Waals surface area (Å²) in [5.41, 5.74) is 9.54. The van der Waals surface area contributed by atoms with Crippen LogP contribution in [0.5, 0.6) is 0 Å². The Morgan fingerprint density at radius 2 is 2.02 bits per heavy atom. The maximum Gasteiger partial charge on any atom is 0.0217 e. The fourth-order valence-corrected chi connectivity index (χ4v) is 9.99. The topological polar surface area (TPSA) is 12.0 Å². The lowest BCUT2D eigenvalue weighted by atomic mass is 9.67. The average molecular weight is 592 g/mol. The van der Waals surface area contributed by atoms with Crippen LogP contribution in [0.15, 0.2) is 113 Å². The number of piperidine rings is 1. The number of fused-ring (bicyclic) bond motifs is 1. The largest absolute Gasteiger partial charge is 0.314 e. The van der Waals surface area contributed by atoms with Crippen LogP contribution in [0, 0.1) is 35.5 Å². The minimum Gasteiger partial charge on any atom is -0.314 e. The predicted molar refractivity (Wildman–Crippen MR) is 187 cm³/mol. The van der Waals surface area contributed by atoms with Gasteiger partial charge < -0.3 is 5.32 Å². The number of rotatable bonds is 9. The van der Waals surface area contributed by atoms with Crippen LogP contribution < -0.4 is 5.32 Å². The Morgan fingerprint density at radius 3 is 2.79 bits per heavy atom. The van der Waals surface area contributed by atoms with Crippen molar-refractivity contribution in [3.8, 4) is 0 Å². The monoisotopic (exact) mass is 591 g/mol. The van der Waals surface area contributed by atoms with Crippen LogP contribution in [0.1, 0.15) is 89.4 Å². The summed E-state index contributed by atoms with van der Waals surface area (Å²) in [5.74, 6) is 3.83. The van der Waals surface area contributed by atoms with Crippen molar-refractivity contribution in [1.29, 1.82) is 0 Å². The van der Waals surface area contributed by atoms with E-state index in [0.29, 0.717) is 47.5 Å². The van der Waals surface area contributed by atoms with Crippen LogP contribution >= 0.6 is 11.3 Å². The number of allylic oxidation sites excluding steroid dienone is 13. The second kappa shape index (κ2) is 13.7. The van der Waals surface area contributed by atoms with Gasteiger partial charge in [-0.15, -0.1) is 11.3 Å². The summed E-state index contributed by atoms with van der Waals surface area (Å²) in [6.07, 6.45) is 30.1. The quantitative estimate of drug-likeness (QED) is 0.222. The molecular formula is C41H53NS. The molecule has 1 saturated carbocycles. The third kappa shape index (κ3) is 6.52. The molecule has 228 valence electrons. The maximum atomic E-state index is 4.85. The van der Waals surface area contributed by atoms with Gasteiger partial charge in [0.05, 0.1) is 0 Å². The highest BCUT2D eigenvalue weighted by atomic mass is 32.1. The highest BCUT2D eigenvalue weighted by Crippen LogP contribution is 2.55. The van der Waals surface area contributed by atoms with Crippen LogP contribution in [-0.2, 0) is 0 Å². The van der Waals surface area contributed by atoms with Crippen LogP contribution in [0.2, 0.25) is 0 Å². The van der Waals surface area contributed by atoms with Gasteiger partial charge in [-0.1, -0.05) is 110 Å². The van der Waals surface area contributed by atoms with Gasteiger partial charge >= 0.3 is 0 Å². The summed E-state index contributed by atoms with van der Waals surface area (Å²) in [6.45, 7) is 17.2. The number of hydrogen-bond acceptors (Lipinski definition) is 2. The zero-order valence-electron chi connectivity index (χ0n) is 26.9. The fourth-order valence-electron chi connectivity index (χ4n) is 9.06. The minimum atomic E-state index is 0.455. The highest BCUT2D eigenvalue weighted by Gasteiger charge is 2.43. The van der Waals surface area contributed by atoms with Gasteiger partial charge in [-0.3, -0.25) is 0 Å². The highest BCUT2D eigenvalue weighted by molar-refractivity contribution is 7.10. The summed E-state index contributed by atoms with van der Waals surface area (Å²) in [4.78, 5) is 1.57. The molecule has 0 bridgehead atoms. The fraction of sp³-hybridized carbons (Fsp3) is 0.512. The minimum absolute atomic E-state index is 0.455. The SMILES string of the molecule is C=C/C=C\C(C1=C(C)C=CC(C)C1)C1CC(CC2=C(CC3CCCCN3)C=C3C=CCCC3C2c2cccs2)C(=C)C1C. The van der Waals surface area contributed by atoms with Crippen molar-refractivity contribution in [2.24, 2.45) is 35.5 Å². The van der Waals surface area contributed by atoms with E-state index < -0.39 is 0 Å². The smallest absolute Gasteiger partial charge is 0.0217 e. The Hall–Kier alpha value is -2.42. The average Bonchev–Trinajstić information content (AvgIpc) is 3.65. The van der Waals surface area contributed by atoms with Gasteiger partial charge in [0.15, 0.2) is 0 Å². The number of hydrogen-bond donors (Lipinski definition) is 1. The lowest BCUT2D eigenvalue weighted by Gasteiger charge is -2.39. The van der Waals surface area contributed by atoms with Crippen LogP contribution in [0.4, 0.5) is 0 Å². The molecule has 1 aromatic rings. The van der Waals surface area contributed by atoms with E-state index in [1.807, 2.05) is 17.4 Å². The van der Waals surface area contributed by atoms with Crippen LogP contribution in [0.3, 0.4) is 0 Å². The molecule has 1 aromatic heterocycles. The molecule has 8 unspecified atom stereocenters. The zero-order chi connectivity index (χ0) is 29.9. The molecule has 1 N–H and O–H groups in total. The van der Waals surface area contributed by atoms with Gasteiger partial charge in [-0.2, -0.15) is 0 Å². The lowest BCUT2D eigenvalue weighted by Crippen LogP contribution is -2.35. The van der Waals surface area contributed by atoms with Gasteiger partial charge in [0.25, 0.3) is 0 Å². The summed E-state index contributed by atoms with van der Waals surface area (Å²) >= 11 is 1.98. The van der Waals surface area contributed by atoms with Crippen molar-refractivity contribution in [2.75, 3.05) is 6.54 Å². The van der Waals surface area contributed by atoms with Crippen molar-refractivity contribution in [2.45, 2.75) is 90.5 Å². The summed E-state index contributed by atoms with van der Waals surface area (Å²) < 4.78 is 0. The van der Waals surface area contributed by atoms with Gasteiger partial charge in [-0.25, -0.2) is 0 Å². The third-order valence-electron chi connectivity index (χ3n) is 11.5. The first kappa shape index (κ1) is 30.6. The van der Waals surface area contributed by atoms with E-state index in [9.17, 15) is 0 Å². The molecule has 2 fully saturated rings. The standard InChI is InChI=1S/C41H53NS/c1-6-7-15-36(37-22-27(2)18-19-28(37)3)38-25-32(29(4)30(38)5)26-39-33(24-34-14-10-11-20-42-34)23-31-13-8-9-16-35(31)41(39)40-17-12-21-43-40/h6-8,12-13,15,17-19,21,23,27,30,32,34-36,38,41-42H,1,4,9-11,14,16,20,22,24-26H2,2-3,5H3/b15-7-. The third-order valence-corrected chi connectivity index (χ3v) is 12.4. The van der Waals surface area contributed by atoms with Crippen LogP contribution in [0.25, 0.3) is 0 Å². The van der Waals surface area contributed by atoms with E-state index in [4.69, 9.17) is 6.58 Å². The van der Waals surface area contributed by atoms with Gasteiger partial charge in [-0.05, 0) is 117 Å². The molecule has 6 rings (SSSR count). The van der Waals surface area contributed by atoms with E-state index in [0.717, 1.165) is 0 Å². The summed E-state index contributed by atoms with van der Waals surface area (Å²) in [5, 5.41) is 6.18. The first-order valence-electron chi connectivity index (χ1n) is 17.2. The second-order valence-electron chi connectivity index (χ2n) is 14.2. The van der Waals surface area contributed by atoms with Gasteiger partial charge in [0, 0.05) is 22.8 Å². The maximum absolute atomic E-state index is 4.85. The van der Waals surface area contributed by atoms with Crippen molar-refractivity contribution in [3.63, 3.8) is 0 Å². The molecule has 4 aliphatic carbocycles. The summed E-state index contributed by atoms with van der Waals surface area (Å²) in [6, 6.07) is 5.30. The molecule has 1 aliphatic heterocycles. The molecule has 0 aromatic carbocycles. The Morgan fingerprint density at radius 1 is 1.14 bits per heavy atom. The molecule has 1 saturated heterocycles. The Balaban J connectivity index is 1.36. The lowest BCUT2D eigenvalue weighted by molar-refractivity contribution is 0.349. The predicted octanol–water partition coefficient (Wildman–Crippen LogP) is 11.1. The van der Waals surface area contributed by atoms with Crippen molar-refractivity contribution < 1.29 is 0 Å². The van der Waals surface area contributed by atoms with E-state index >= 15 is 0 Å². The van der Waals surface area contributed by atoms with E-state index in [-0.39, 0.29) is 0 Å². The molecule has 0 spiro atoms. The molecule has 1 nitrogen and oxygen atoms in total. The van der Waals surface area contributed by atoms with Crippen molar-refractivity contribution >= 4 is 11.3 Å². The Bertz CT molecular complexity index is 1350. The molecule has 0 amide bonds. The molecular weight excluding hydrogens is 539 g/mol. The van der Waals surface area contributed by atoms with Crippen LogP contribution in [-0.4, -0.2) is 12.6 Å². The second-order valence-corrected chi connectivity index (χ2v) is 15.2. The normalized spacial score (nSPS) is 33.7. The molecule has 8 atom stereocenters. The van der Waals surface area contributed by atoms with Crippen molar-refractivity contribution in [1.82, 2.24) is 5.32 Å². The number of nitrogens with one attached hydrogen (secondary N) is 1. The summed E-state index contributed by atoms with van der Waals surface area (Å²) in [7, 11) is 0. The molecule has 2 heteroatoms. The number of thiophene rings is 1. The molecule has 2 heterocycles. The first-order chi connectivity index (χ1) is 20.9. The Labute approximate surface area is 266 Å². The molecule has 43 heavy (non-hydrogen) atoms. The van der Waals surface area contributed by atoms with Gasteiger partial charge in [0.1, 0.15) is 0 Å². The Kier molecular flexibility index (Phi) is 9.75. The van der Waals surface area contributed by atoms with E-state index in [1.165, 1.54) is 75.5 Å². The van der Waals surface area contributed by atoms with E-state index in [1.54, 1.807) is 27.2 Å². The van der Waals surface area contributed by atoms with E-state index in [2.05, 4.69) is 92.7 Å². The van der Waals surface area contributed by atoms with Gasteiger partial charge in [0.2, 0.25) is 0 Å². The molecule has 5 aliphatic rings. The first-order valence-corrected chi connectivity index (χ1v) is 18.0.